The number of aliphatic imine (C=N–C) groups is 1. The fraction of sp³-hybridized carbons (Fsp3) is 0.481. The first-order valence-corrected chi connectivity index (χ1v) is 12.4. The van der Waals surface area contributed by atoms with Crippen molar-refractivity contribution in [2.45, 2.75) is 53.1 Å². The van der Waals surface area contributed by atoms with Crippen LogP contribution in [0.5, 0.6) is 0 Å². The molecule has 202 valence electrons. The van der Waals surface area contributed by atoms with E-state index in [0.717, 1.165) is 49.9 Å². The van der Waals surface area contributed by atoms with Gasteiger partial charge >= 0.3 is 6.18 Å². The highest BCUT2D eigenvalue weighted by molar-refractivity contribution is 5.82. The molecule has 0 aromatic carbocycles. The Kier molecular flexibility index (Phi) is 11.1. The highest BCUT2D eigenvalue weighted by atomic mass is 19.4. The van der Waals surface area contributed by atoms with E-state index in [1.54, 1.807) is 26.2 Å². The zero-order valence-corrected chi connectivity index (χ0v) is 22.4. The van der Waals surface area contributed by atoms with Crippen LogP contribution in [-0.2, 0) is 4.79 Å². The number of H-pyrrole nitrogens is 1. The van der Waals surface area contributed by atoms with Gasteiger partial charge in [0.2, 0.25) is 0 Å². The summed E-state index contributed by atoms with van der Waals surface area (Å²) in [6.45, 7) is 7.62. The number of halogens is 3. The van der Waals surface area contributed by atoms with Crippen molar-refractivity contribution in [3.8, 4) is 11.4 Å². The summed E-state index contributed by atoms with van der Waals surface area (Å²) in [6.07, 6.45) is 5.36. The Morgan fingerprint density at radius 3 is 2.59 bits per heavy atom. The molecule has 0 aliphatic rings. The molecule has 7 nitrogen and oxygen atoms in total. The summed E-state index contributed by atoms with van der Waals surface area (Å²) in [5.41, 5.74) is 2.28. The predicted octanol–water partition coefficient (Wildman–Crippen LogP) is 4.12. The zero-order valence-electron chi connectivity index (χ0n) is 22.4. The minimum atomic E-state index is -4.32. The Bertz CT molecular complexity index is 1200. The first kappa shape index (κ1) is 29.8. The van der Waals surface area contributed by atoms with Crippen molar-refractivity contribution in [1.29, 1.82) is 0 Å². The maximum atomic E-state index is 13.0. The standard InChI is InChI=1S/C27H37F3N6O/c1-7-20(12-14-37)11-13-36(6)26(31-5)33-16-18(3)23-10-9-21(17-32-23)25-34-22(8-2)24(35-25)15-19(4)27(28,29)30/h8-10,14-17,19-20H,7,11-13H2,1-6H3,(H,31,33)(H,34,35)/b18-16+,22-8+,24-15+. The van der Waals surface area contributed by atoms with Crippen LogP contribution in [0.3, 0.4) is 0 Å². The highest BCUT2D eigenvalue weighted by Crippen LogP contribution is 2.26. The van der Waals surface area contributed by atoms with Gasteiger partial charge in [0.1, 0.15) is 12.1 Å². The van der Waals surface area contributed by atoms with Crippen molar-refractivity contribution in [2.24, 2.45) is 16.8 Å². The van der Waals surface area contributed by atoms with E-state index in [9.17, 15) is 18.0 Å². The van der Waals surface area contributed by atoms with Gasteiger partial charge in [-0.2, -0.15) is 13.2 Å². The lowest BCUT2D eigenvalue weighted by Crippen LogP contribution is -2.37. The second-order valence-electron chi connectivity index (χ2n) is 9.01. The number of pyridine rings is 1. The fourth-order valence-electron chi connectivity index (χ4n) is 3.69. The van der Waals surface area contributed by atoms with Gasteiger partial charge in [-0.3, -0.25) is 9.98 Å². The number of nitrogens with zero attached hydrogens (tertiary/aromatic N) is 4. The molecule has 0 spiro atoms. The summed E-state index contributed by atoms with van der Waals surface area (Å²) in [5.74, 6) is -0.0805. The number of hydrogen-bond donors (Lipinski definition) is 2. The van der Waals surface area contributed by atoms with E-state index in [-0.39, 0.29) is 0 Å². The number of aromatic amines is 1. The average molecular weight is 519 g/mol. The van der Waals surface area contributed by atoms with Gasteiger partial charge in [0.15, 0.2) is 5.96 Å². The van der Waals surface area contributed by atoms with Gasteiger partial charge in [0.05, 0.1) is 22.3 Å². The maximum Gasteiger partial charge on any atom is 0.394 e. The molecule has 2 unspecified atom stereocenters. The van der Waals surface area contributed by atoms with Crippen molar-refractivity contribution >= 4 is 30.0 Å². The van der Waals surface area contributed by atoms with Crippen LogP contribution in [0.2, 0.25) is 0 Å². The largest absolute Gasteiger partial charge is 0.394 e. The van der Waals surface area contributed by atoms with Crippen LogP contribution in [0, 0.1) is 11.8 Å². The molecule has 2 aromatic rings. The van der Waals surface area contributed by atoms with Gasteiger partial charge in [-0.25, -0.2) is 4.98 Å². The Hall–Kier alpha value is -3.43. The molecule has 0 saturated carbocycles. The van der Waals surface area contributed by atoms with Crippen molar-refractivity contribution in [1.82, 2.24) is 25.2 Å². The number of imidazole rings is 1. The third kappa shape index (κ3) is 8.58. The van der Waals surface area contributed by atoms with Crippen LogP contribution in [0.1, 0.15) is 52.7 Å². The Morgan fingerprint density at radius 1 is 1.32 bits per heavy atom. The number of aldehydes is 1. The maximum absolute atomic E-state index is 13.0. The molecular weight excluding hydrogens is 481 g/mol. The van der Waals surface area contributed by atoms with E-state index in [1.165, 1.54) is 0 Å². The van der Waals surface area contributed by atoms with Crippen molar-refractivity contribution < 1.29 is 18.0 Å². The first-order chi connectivity index (χ1) is 17.5. The van der Waals surface area contributed by atoms with E-state index >= 15 is 0 Å². The summed E-state index contributed by atoms with van der Waals surface area (Å²) in [6, 6.07) is 3.66. The quantitative estimate of drug-likeness (QED) is 0.281. The molecule has 37 heavy (non-hydrogen) atoms. The van der Waals surface area contributed by atoms with Crippen LogP contribution in [0.15, 0.2) is 29.5 Å². The molecule has 2 aromatic heterocycles. The number of guanidine groups is 1. The Balaban J connectivity index is 2.13. The molecule has 0 fully saturated rings. The monoisotopic (exact) mass is 518 g/mol. The lowest BCUT2D eigenvalue weighted by molar-refractivity contribution is -0.152. The van der Waals surface area contributed by atoms with Gasteiger partial charge in [-0.1, -0.05) is 26.3 Å². The molecule has 0 radical (unpaired) electrons. The van der Waals surface area contributed by atoms with Crippen molar-refractivity contribution in [3.63, 3.8) is 0 Å². The minimum Gasteiger partial charge on any atom is -0.346 e. The molecule has 2 rings (SSSR count). The average Bonchev–Trinajstić information content (AvgIpc) is 3.29. The topological polar surface area (TPSA) is 86.3 Å². The molecule has 2 heterocycles. The van der Waals surface area contributed by atoms with Crippen molar-refractivity contribution in [2.75, 3.05) is 20.6 Å². The fourth-order valence-corrected chi connectivity index (χ4v) is 3.69. The third-order valence-electron chi connectivity index (χ3n) is 6.28. The molecule has 2 atom stereocenters. The second-order valence-corrected chi connectivity index (χ2v) is 9.01. The second kappa shape index (κ2) is 13.8. The van der Waals surface area contributed by atoms with Crippen molar-refractivity contribution in [3.05, 3.63) is 40.9 Å². The number of aromatic nitrogens is 3. The number of alkyl halides is 3. The number of hydrogen-bond acceptors (Lipinski definition) is 4. The summed E-state index contributed by atoms with van der Waals surface area (Å²) in [5, 5.41) is 4.01. The normalized spacial score (nSPS) is 15.6. The van der Waals surface area contributed by atoms with Crippen LogP contribution in [-0.4, -0.2) is 58.9 Å². The molecular formula is C27H37F3N6O. The summed E-state index contributed by atoms with van der Waals surface area (Å²) < 4.78 is 39.0. The number of carbonyl (C=O) groups is 1. The molecule has 0 aliphatic carbocycles. The van der Waals surface area contributed by atoms with Gasteiger partial charge in [0, 0.05) is 45.0 Å². The van der Waals surface area contributed by atoms with Crippen LogP contribution in [0.4, 0.5) is 13.2 Å². The summed E-state index contributed by atoms with van der Waals surface area (Å²) in [4.78, 5) is 29.1. The summed E-state index contributed by atoms with van der Waals surface area (Å²) >= 11 is 0. The Labute approximate surface area is 216 Å². The number of nitrogens with one attached hydrogen (secondary N) is 2. The van der Waals surface area contributed by atoms with Gasteiger partial charge < -0.3 is 20.0 Å². The molecule has 10 heteroatoms. The van der Waals surface area contributed by atoms with Crippen LogP contribution in [0.25, 0.3) is 29.1 Å². The smallest absolute Gasteiger partial charge is 0.346 e. The van der Waals surface area contributed by atoms with Crippen LogP contribution < -0.4 is 16.0 Å². The summed E-state index contributed by atoms with van der Waals surface area (Å²) in [7, 11) is 3.66. The van der Waals surface area contributed by atoms with Gasteiger partial charge in [-0.15, -0.1) is 0 Å². The SMILES string of the molecule is C/C=c1/nc(-c2ccc(/C(C)=C/NC(=NC)N(C)CCC(CC)CC=O)nc2)[nH]/c1=C/C(C)C(F)(F)F. The molecule has 0 bridgehead atoms. The van der Waals surface area contributed by atoms with E-state index in [4.69, 9.17) is 0 Å². The number of carbonyl (C=O) groups excluding carboxylic acids is 1. The minimum absolute atomic E-state index is 0.332. The van der Waals surface area contributed by atoms with Crippen LogP contribution >= 0.6 is 0 Å². The van der Waals surface area contributed by atoms with Gasteiger partial charge in [0.25, 0.3) is 0 Å². The Morgan fingerprint density at radius 2 is 2.05 bits per heavy atom. The third-order valence-corrected chi connectivity index (χ3v) is 6.28. The van der Waals surface area contributed by atoms with E-state index in [0.29, 0.717) is 40.4 Å². The molecule has 0 amide bonds. The lowest BCUT2D eigenvalue weighted by atomic mass is 9.99. The lowest BCUT2D eigenvalue weighted by Gasteiger charge is -2.23. The van der Waals surface area contributed by atoms with E-state index in [2.05, 4.69) is 32.2 Å². The molecule has 0 aliphatic heterocycles. The predicted molar refractivity (Wildman–Crippen MR) is 143 cm³/mol. The molecule has 0 saturated heterocycles. The van der Waals surface area contributed by atoms with E-state index < -0.39 is 12.1 Å². The van der Waals surface area contributed by atoms with E-state index in [1.807, 2.05) is 37.2 Å². The highest BCUT2D eigenvalue weighted by Gasteiger charge is 2.34. The number of rotatable bonds is 10. The number of allylic oxidation sites excluding steroid dienone is 1. The zero-order chi connectivity index (χ0) is 27.6. The van der Waals surface area contributed by atoms with Gasteiger partial charge in [-0.05, 0) is 50.0 Å². The molecule has 2 N–H and O–H groups in total. The first-order valence-electron chi connectivity index (χ1n) is 12.4.